The normalized spacial score (nSPS) is 13.2. The Bertz CT molecular complexity index is 743. The first-order valence-corrected chi connectivity index (χ1v) is 10.2. The largest absolute Gasteiger partial charge is 0.381 e. The van der Waals surface area contributed by atoms with Crippen LogP contribution >= 0.6 is 0 Å². The predicted octanol–water partition coefficient (Wildman–Crippen LogP) is 3.68. The van der Waals surface area contributed by atoms with Crippen LogP contribution in [0.2, 0.25) is 0 Å². The van der Waals surface area contributed by atoms with Crippen molar-refractivity contribution in [3.05, 3.63) is 48.0 Å². The Morgan fingerprint density at radius 2 is 1.83 bits per heavy atom. The van der Waals surface area contributed by atoms with E-state index in [1.54, 1.807) is 0 Å². The zero-order chi connectivity index (χ0) is 17.4. The Labute approximate surface area is 145 Å². The van der Waals surface area contributed by atoms with Crippen LogP contribution in [0.4, 0.5) is 0 Å². The van der Waals surface area contributed by atoms with Gasteiger partial charge in [0.15, 0.2) is 0 Å². The molecule has 24 heavy (non-hydrogen) atoms. The number of benzene rings is 2. The third-order valence-electron chi connectivity index (χ3n) is 3.95. The van der Waals surface area contributed by atoms with Gasteiger partial charge in [-0.05, 0) is 35.1 Å². The number of hydrogen-bond donors (Lipinski definition) is 1. The SMILES string of the molecule is CCCOCCCNS(=O)(=O)CC(C)c1ccc2ccccc2c1. The second-order valence-electron chi connectivity index (χ2n) is 6.15. The van der Waals surface area contributed by atoms with Crippen molar-refractivity contribution in [3.8, 4) is 0 Å². The molecule has 1 N–H and O–H groups in total. The molecule has 0 fully saturated rings. The zero-order valence-electron chi connectivity index (χ0n) is 14.5. The number of hydrogen-bond acceptors (Lipinski definition) is 3. The first-order valence-electron chi connectivity index (χ1n) is 8.55. The summed E-state index contributed by atoms with van der Waals surface area (Å²) in [6, 6.07) is 14.2. The summed E-state index contributed by atoms with van der Waals surface area (Å²) in [5.74, 6) is 0.0460. The van der Waals surface area contributed by atoms with Gasteiger partial charge in [-0.25, -0.2) is 13.1 Å². The van der Waals surface area contributed by atoms with Gasteiger partial charge in [0.1, 0.15) is 0 Å². The van der Waals surface area contributed by atoms with Crippen LogP contribution in [0, 0.1) is 0 Å². The summed E-state index contributed by atoms with van der Waals surface area (Å²) in [6.07, 6.45) is 1.68. The first-order chi connectivity index (χ1) is 11.5. The standard InChI is InChI=1S/C19H27NO3S/c1-3-12-23-13-6-11-20-24(21,22)15-16(2)18-10-9-17-7-4-5-8-19(17)14-18/h4-5,7-10,14,16,20H,3,6,11-13,15H2,1-2H3. The molecule has 0 radical (unpaired) electrons. The van der Waals surface area contributed by atoms with E-state index in [0.717, 1.165) is 24.0 Å². The Hall–Kier alpha value is -1.43. The topological polar surface area (TPSA) is 55.4 Å². The molecule has 0 aromatic heterocycles. The molecule has 2 aromatic carbocycles. The summed E-state index contributed by atoms with van der Waals surface area (Å²) in [6.45, 7) is 5.75. The van der Waals surface area contributed by atoms with E-state index >= 15 is 0 Å². The van der Waals surface area contributed by atoms with Crippen LogP contribution in [-0.4, -0.2) is 33.9 Å². The number of nitrogens with one attached hydrogen (secondary N) is 1. The molecule has 4 nitrogen and oxygen atoms in total. The molecular weight excluding hydrogens is 322 g/mol. The fraction of sp³-hybridized carbons (Fsp3) is 0.474. The maximum atomic E-state index is 12.2. The van der Waals surface area contributed by atoms with E-state index in [-0.39, 0.29) is 11.7 Å². The Morgan fingerprint density at radius 1 is 1.08 bits per heavy atom. The Morgan fingerprint density at radius 3 is 2.58 bits per heavy atom. The van der Waals surface area contributed by atoms with Crippen LogP contribution in [0.5, 0.6) is 0 Å². The molecule has 2 rings (SSSR count). The molecule has 2 aromatic rings. The monoisotopic (exact) mass is 349 g/mol. The summed E-state index contributed by atoms with van der Waals surface area (Å²) in [7, 11) is -3.28. The second-order valence-corrected chi connectivity index (χ2v) is 8.00. The van der Waals surface area contributed by atoms with Crippen LogP contribution in [0.1, 0.15) is 38.2 Å². The maximum absolute atomic E-state index is 12.2. The highest BCUT2D eigenvalue weighted by atomic mass is 32.2. The Kier molecular flexibility index (Phi) is 7.21. The van der Waals surface area contributed by atoms with Gasteiger partial charge in [-0.2, -0.15) is 0 Å². The molecule has 0 aliphatic rings. The maximum Gasteiger partial charge on any atom is 0.212 e. The van der Waals surface area contributed by atoms with Gasteiger partial charge in [0.2, 0.25) is 10.0 Å². The highest BCUT2D eigenvalue weighted by Gasteiger charge is 2.16. The van der Waals surface area contributed by atoms with Crippen molar-refractivity contribution in [3.63, 3.8) is 0 Å². The van der Waals surface area contributed by atoms with Crippen molar-refractivity contribution < 1.29 is 13.2 Å². The average molecular weight is 349 g/mol. The lowest BCUT2D eigenvalue weighted by molar-refractivity contribution is 0.133. The van der Waals surface area contributed by atoms with E-state index in [0.29, 0.717) is 19.6 Å². The second kappa shape index (κ2) is 9.16. The average Bonchev–Trinajstić information content (AvgIpc) is 2.57. The lowest BCUT2D eigenvalue weighted by Crippen LogP contribution is -2.30. The number of fused-ring (bicyclic) bond motifs is 1. The van der Waals surface area contributed by atoms with E-state index in [9.17, 15) is 8.42 Å². The third-order valence-corrected chi connectivity index (χ3v) is 5.53. The Balaban J connectivity index is 1.88. The molecule has 0 saturated carbocycles. The van der Waals surface area contributed by atoms with Gasteiger partial charge in [0, 0.05) is 19.8 Å². The van der Waals surface area contributed by atoms with E-state index < -0.39 is 10.0 Å². The minimum atomic E-state index is -3.28. The van der Waals surface area contributed by atoms with Crippen molar-refractivity contribution >= 4 is 20.8 Å². The number of rotatable bonds is 10. The van der Waals surface area contributed by atoms with Crippen LogP contribution < -0.4 is 4.72 Å². The van der Waals surface area contributed by atoms with E-state index in [2.05, 4.69) is 29.8 Å². The van der Waals surface area contributed by atoms with Gasteiger partial charge in [0.05, 0.1) is 5.75 Å². The van der Waals surface area contributed by atoms with Crippen molar-refractivity contribution in [1.29, 1.82) is 0 Å². The molecule has 1 unspecified atom stereocenters. The molecular formula is C19H27NO3S. The van der Waals surface area contributed by atoms with Gasteiger partial charge in [0.25, 0.3) is 0 Å². The van der Waals surface area contributed by atoms with Crippen LogP contribution in [0.3, 0.4) is 0 Å². The third kappa shape index (κ3) is 5.89. The highest BCUT2D eigenvalue weighted by Crippen LogP contribution is 2.22. The van der Waals surface area contributed by atoms with E-state index in [1.807, 2.05) is 31.2 Å². The molecule has 0 amide bonds. The molecule has 1 atom stereocenters. The highest BCUT2D eigenvalue weighted by molar-refractivity contribution is 7.89. The van der Waals surface area contributed by atoms with Crippen molar-refractivity contribution in [1.82, 2.24) is 4.72 Å². The molecule has 0 spiro atoms. The fourth-order valence-electron chi connectivity index (χ4n) is 2.65. The quantitative estimate of drug-likeness (QED) is 0.666. The van der Waals surface area contributed by atoms with Gasteiger partial charge in [-0.3, -0.25) is 0 Å². The van der Waals surface area contributed by atoms with Gasteiger partial charge in [-0.1, -0.05) is 56.3 Å². The lowest BCUT2D eigenvalue weighted by atomic mass is 9.99. The van der Waals surface area contributed by atoms with Crippen molar-refractivity contribution in [2.24, 2.45) is 0 Å². The molecule has 132 valence electrons. The molecule has 0 saturated heterocycles. The summed E-state index contributed by atoms with van der Waals surface area (Å²) in [4.78, 5) is 0. The van der Waals surface area contributed by atoms with E-state index in [4.69, 9.17) is 4.74 Å². The first kappa shape index (κ1) is 18.9. The van der Waals surface area contributed by atoms with Crippen molar-refractivity contribution in [2.75, 3.05) is 25.5 Å². The summed E-state index contributed by atoms with van der Waals surface area (Å²) in [5.41, 5.74) is 1.05. The zero-order valence-corrected chi connectivity index (χ0v) is 15.3. The minimum absolute atomic E-state index is 0.0524. The predicted molar refractivity (Wildman–Crippen MR) is 99.9 cm³/mol. The van der Waals surface area contributed by atoms with Crippen LogP contribution in [0.15, 0.2) is 42.5 Å². The summed E-state index contributed by atoms with van der Waals surface area (Å²) < 4.78 is 32.4. The molecule has 0 bridgehead atoms. The molecule has 0 heterocycles. The number of ether oxygens (including phenoxy) is 1. The van der Waals surface area contributed by atoms with Gasteiger partial charge >= 0.3 is 0 Å². The van der Waals surface area contributed by atoms with Gasteiger partial charge in [-0.15, -0.1) is 0 Å². The van der Waals surface area contributed by atoms with Crippen LogP contribution in [-0.2, 0) is 14.8 Å². The molecule has 0 aliphatic carbocycles. The lowest BCUT2D eigenvalue weighted by Gasteiger charge is -2.14. The summed E-state index contributed by atoms with van der Waals surface area (Å²) in [5, 5.41) is 2.31. The summed E-state index contributed by atoms with van der Waals surface area (Å²) >= 11 is 0. The minimum Gasteiger partial charge on any atom is -0.381 e. The molecule has 5 heteroatoms. The van der Waals surface area contributed by atoms with E-state index in [1.165, 1.54) is 5.39 Å². The number of sulfonamides is 1. The van der Waals surface area contributed by atoms with Crippen LogP contribution in [0.25, 0.3) is 10.8 Å². The fourth-order valence-corrected chi connectivity index (χ4v) is 4.07. The van der Waals surface area contributed by atoms with Crippen molar-refractivity contribution in [2.45, 2.75) is 32.6 Å². The van der Waals surface area contributed by atoms with Gasteiger partial charge < -0.3 is 4.74 Å². The molecule has 0 aliphatic heterocycles. The smallest absolute Gasteiger partial charge is 0.212 e.